The van der Waals surface area contributed by atoms with E-state index >= 15 is 0 Å². The second-order valence-corrected chi connectivity index (χ2v) is 7.29. The number of hydrogen-bond donors (Lipinski definition) is 0. The van der Waals surface area contributed by atoms with Crippen LogP contribution in [0.4, 0.5) is 0 Å². The molecular weight excluding hydrogens is 434 g/mol. The molecule has 1 heterocycles. The zero-order valence-electron chi connectivity index (χ0n) is 19.0. The summed E-state index contributed by atoms with van der Waals surface area (Å²) in [5.41, 5.74) is 1.41. The average Bonchev–Trinajstić information content (AvgIpc) is 2.85. The molecule has 0 saturated carbocycles. The van der Waals surface area contributed by atoms with E-state index in [2.05, 4.69) is 10.1 Å². The zero-order valence-corrected chi connectivity index (χ0v) is 19.0. The summed E-state index contributed by atoms with van der Waals surface area (Å²) < 4.78 is 17.6. The maximum atomic E-state index is 12.8. The van der Waals surface area contributed by atoms with E-state index in [0.29, 0.717) is 46.0 Å². The van der Waals surface area contributed by atoms with Crippen molar-refractivity contribution in [3.8, 4) is 17.2 Å². The smallest absolute Gasteiger partial charge is 0.343 e. The van der Waals surface area contributed by atoms with Gasteiger partial charge >= 0.3 is 5.97 Å². The van der Waals surface area contributed by atoms with Gasteiger partial charge in [0, 0.05) is 0 Å². The van der Waals surface area contributed by atoms with Crippen LogP contribution in [0.2, 0.25) is 0 Å². The van der Waals surface area contributed by atoms with Crippen LogP contribution in [0.3, 0.4) is 0 Å². The Morgan fingerprint density at radius 2 is 1.82 bits per heavy atom. The van der Waals surface area contributed by atoms with Crippen molar-refractivity contribution in [1.29, 1.82) is 0 Å². The summed E-state index contributed by atoms with van der Waals surface area (Å²) in [6.45, 7) is 3.93. The van der Waals surface area contributed by atoms with E-state index in [9.17, 15) is 9.59 Å². The molecule has 4 aromatic rings. The number of carbonyl (C=O) groups excluding carboxylic acids is 1. The van der Waals surface area contributed by atoms with Gasteiger partial charge < -0.3 is 14.2 Å². The van der Waals surface area contributed by atoms with Gasteiger partial charge in [-0.05, 0) is 74.0 Å². The van der Waals surface area contributed by atoms with Gasteiger partial charge in [0.05, 0.1) is 36.4 Å². The summed E-state index contributed by atoms with van der Waals surface area (Å²) in [6, 6.07) is 18.8. The molecule has 3 aromatic carbocycles. The van der Waals surface area contributed by atoms with E-state index in [1.165, 1.54) is 10.9 Å². The summed E-state index contributed by atoms with van der Waals surface area (Å²) in [6.07, 6.45) is 1.53. The number of nitrogens with zero attached hydrogens (tertiary/aromatic N) is 3. The number of hydrogen-bond acceptors (Lipinski definition) is 7. The Morgan fingerprint density at radius 1 is 1.06 bits per heavy atom. The van der Waals surface area contributed by atoms with E-state index < -0.39 is 5.97 Å². The van der Waals surface area contributed by atoms with Crippen LogP contribution < -0.4 is 19.8 Å². The minimum absolute atomic E-state index is 0.255. The molecule has 0 N–H and O–H groups in total. The molecule has 34 heavy (non-hydrogen) atoms. The molecule has 0 unspecified atom stereocenters. The molecule has 0 spiro atoms. The van der Waals surface area contributed by atoms with Crippen molar-refractivity contribution >= 4 is 23.1 Å². The maximum absolute atomic E-state index is 12.8. The van der Waals surface area contributed by atoms with Gasteiger partial charge in [-0.15, -0.1) is 0 Å². The van der Waals surface area contributed by atoms with E-state index in [1.54, 1.807) is 74.7 Å². The normalized spacial score (nSPS) is 11.0. The van der Waals surface area contributed by atoms with Gasteiger partial charge in [0.2, 0.25) is 0 Å². The fraction of sp³-hybridized carbons (Fsp3) is 0.154. The molecule has 4 rings (SSSR count). The largest absolute Gasteiger partial charge is 0.497 e. The highest BCUT2D eigenvalue weighted by atomic mass is 16.6. The Balaban J connectivity index is 1.60. The Bertz CT molecular complexity index is 1430. The second kappa shape index (κ2) is 9.99. The van der Waals surface area contributed by atoms with Gasteiger partial charge in [-0.25, -0.2) is 9.78 Å². The second-order valence-electron chi connectivity index (χ2n) is 7.29. The third-order valence-electron chi connectivity index (χ3n) is 5.03. The number of carbonyl (C=O) groups is 1. The van der Waals surface area contributed by atoms with Crippen LogP contribution in [0.15, 0.2) is 76.6 Å². The van der Waals surface area contributed by atoms with Crippen LogP contribution >= 0.6 is 0 Å². The molecule has 0 aliphatic carbocycles. The summed E-state index contributed by atoms with van der Waals surface area (Å²) in [5, 5.41) is 4.81. The Hall–Kier alpha value is -4.46. The quantitative estimate of drug-likeness (QED) is 0.234. The summed E-state index contributed by atoms with van der Waals surface area (Å²) >= 11 is 0. The fourth-order valence-electron chi connectivity index (χ4n) is 3.34. The first-order chi connectivity index (χ1) is 16.5. The van der Waals surface area contributed by atoms with Gasteiger partial charge in [-0.1, -0.05) is 12.1 Å². The Labute approximate surface area is 196 Å². The van der Waals surface area contributed by atoms with Gasteiger partial charge in [0.15, 0.2) is 11.5 Å². The lowest BCUT2D eigenvalue weighted by atomic mass is 10.2. The Kier molecular flexibility index (Phi) is 6.68. The molecule has 0 radical (unpaired) electrons. The van der Waals surface area contributed by atoms with Crippen LogP contribution in [-0.2, 0) is 0 Å². The Morgan fingerprint density at radius 3 is 2.56 bits per heavy atom. The van der Waals surface area contributed by atoms with Crippen molar-refractivity contribution in [1.82, 2.24) is 9.66 Å². The highest BCUT2D eigenvalue weighted by Gasteiger charge is 2.14. The average molecular weight is 457 g/mol. The van der Waals surface area contributed by atoms with Crippen molar-refractivity contribution in [2.24, 2.45) is 5.10 Å². The number of rotatable bonds is 7. The van der Waals surface area contributed by atoms with Crippen molar-refractivity contribution in [2.75, 3.05) is 13.7 Å². The third-order valence-corrected chi connectivity index (χ3v) is 5.03. The lowest BCUT2D eigenvalue weighted by Gasteiger charge is -2.11. The first kappa shape index (κ1) is 22.7. The lowest BCUT2D eigenvalue weighted by Crippen LogP contribution is -2.20. The standard InChI is InChI=1S/C26H23N3O5/c1-4-33-24-15-18(9-14-23(24)34-26(31)19-10-12-20(32-3)13-11-19)16-27-29-17(2)28-22-8-6-5-7-21(22)25(29)30/h5-16H,4H2,1-3H3. The number of para-hydroxylation sites is 1. The minimum atomic E-state index is -0.519. The number of aryl methyl sites for hydroxylation is 1. The fourth-order valence-corrected chi connectivity index (χ4v) is 3.34. The number of fused-ring (bicyclic) bond motifs is 1. The van der Waals surface area contributed by atoms with E-state index in [4.69, 9.17) is 14.2 Å². The molecule has 0 saturated heterocycles. The maximum Gasteiger partial charge on any atom is 0.343 e. The minimum Gasteiger partial charge on any atom is -0.497 e. The third kappa shape index (κ3) is 4.80. The SMILES string of the molecule is CCOc1cc(C=Nn2c(C)nc3ccccc3c2=O)ccc1OC(=O)c1ccc(OC)cc1. The summed E-state index contributed by atoms with van der Waals surface area (Å²) in [5.74, 6) is 1.25. The predicted molar refractivity (Wildman–Crippen MR) is 129 cm³/mol. The summed E-state index contributed by atoms with van der Waals surface area (Å²) in [7, 11) is 1.56. The lowest BCUT2D eigenvalue weighted by molar-refractivity contribution is 0.0728. The molecule has 0 bridgehead atoms. The van der Waals surface area contributed by atoms with E-state index in [-0.39, 0.29) is 11.3 Å². The first-order valence-electron chi connectivity index (χ1n) is 10.7. The number of aromatic nitrogens is 2. The monoisotopic (exact) mass is 457 g/mol. The zero-order chi connectivity index (χ0) is 24.1. The van der Waals surface area contributed by atoms with Gasteiger partial charge in [-0.2, -0.15) is 9.78 Å². The predicted octanol–water partition coefficient (Wildman–Crippen LogP) is 4.21. The van der Waals surface area contributed by atoms with Crippen LogP contribution in [0, 0.1) is 6.92 Å². The molecule has 0 amide bonds. The first-order valence-corrected chi connectivity index (χ1v) is 10.7. The van der Waals surface area contributed by atoms with Gasteiger partial charge in [-0.3, -0.25) is 4.79 Å². The molecule has 0 aliphatic rings. The van der Waals surface area contributed by atoms with E-state index in [0.717, 1.165) is 0 Å². The van der Waals surface area contributed by atoms with Gasteiger partial charge in [0.1, 0.15) is 11.6 Å². The molecule has 0 fully saturated rings. The topological polar surface area (TPSA) is 92.0 Å². The van der Waals surface area contributed by atoms with Crippen LogP contribution in [0.1, 0.15) is 28.7 Å². The molecule has 8 heteroatoms. The van der Waals surface area contributed by atoms with Crippen molar-refractivity contribution in [3.63, 3.8) is 0 Å². The van der Waals surface area contributed by atoms with Crippen molar-refractivity contribution < 1.29 is 19.0 Å². The highest BCUT2D eigenvalue weighted by Crippen LogP contribution is 2.29. The molecular formula is C26H23N3O5. The number of benzene rings is 3. The molecule has 0 atom stereocenters. The van der Waals surface area contributed by atoms with Crippen LogP contribution in [0.25, 0.3) is 10.9 Å². The van der Waals surface area contributed by atoms with Crippen molar-refractivity contribution in [3.05, 3.63) is 94.0 Å². The van der Waals surface area contributed by atoms with Gasteiger partial charge in [0.25, 0.3) is 5.56 Å². The number of esters is 1. The molecule has 0 aliphatic heterocycles. The summed E-state index contributed by atoms with van der Waals surface area (Å²) in [4.78, 5) is 29.8. The molecule has 8 nitrogen and oxygen atoms in total. The molecule has 172 valence electrons. The number of ether oxygens (including phenoxy) is 3. The van der Waals surface area contributed by atoms with Crippen LogP contribution in [-0.4, -0.2) is 35.6 Å². The highest BCUT2D eigenvalue weighted by molar-refractivity contribution is 5.91. The van der Waals surface area contributed by atoms with Crippen LogP contribution in [0.5, 0.6) is 17.2 Å². The number of methoxy groups -OCH3 is 1. The molecule has 1 aromatic heterocycles. The van der Waals surface area contributed by atoms with Crippen molar-refractivity contribution in [2.45, 2.75) is 13.8 Å². The van der Waals surface area contributed by atoms with E-state index in [1.807, 2.05) is 13.0 Å².